The van der Waals surface area contributed by atoms with E-state index in [2.05, 4.69) is 0 Å². The second-order valence-corrected chi connectivity index (χ2v) is 5.84. The second-order valence-electron chi connectivity index (χ2n) is 5.84. The second kappa shape index (κ2) is 6.65. The zero-order valence-electron chi connectivity index (χ0n) is 13.0. The van der Waals surface area contributed by atoms with Crippen LogP contribution in [0.4, 0.5) is 0 Å². The van der Waals surface area contributed by atoms with Crippen LogP contribution in [0.2, 0.25) is 0 Å². The van der Waals surface area contributed by atoms with Crippen LogP contribution in [0.3, 0.4) is 0 Å². The maximum Gasteiger partial charge on any atom is 0.254 e. The summed E-state index contributed by atoms with van der Waals surface area (Å²) >= 11 is 0. The molecule has 1 heterocycles. The normalized spacial score (nSPS) is 14.5. The minimum Gasteiger partial charge on any atom is -0.366 e. The van der Waals surface area contributed by atoms with Crippen molar-refractivity contribution in [2.45, 2.75) is 19.3 Å². The first-order valence-electron chi connectivity index (χ1n) is 7.95. The minimum absolute atomic E-state index is 0.0216. The molecule has 1 saturated heterocycles. The van der Waals surface area contributed by atoms with E-state index >= 15 is 0 Å². The van der Waals surface area contributed by atoms with E-state index in [0.29, 0.717) is 11.1 Å². The Labute approximate surface area is 135 Å². The van der Waals surface area contributed by atoms with Gasteiger partial charge in [0.2, 0.25) is 5.91 Å². The first kappa shape index (κ1) is 15.3. The van der Waals surface area contributed by atoms with E-state index in [4.69, 9.17) is 5.73 Å². The molecule has 3 rings (SSSR count). The highest BCUT2D eigenvalue weighted by Gasteiger charge is 2.22. The highest BCUT2D eigenvalue weighted by Crippen LogP contribution is 2.27. The Morgan fingerprint density at radius 3 is 2.26 bits per heavy atom. The molecular weight excluding hydrogens is 288 g/mol. The number of amides is 2. The molecule has 0 spiro atoms. The van der Waals surface area contributed by atoms with E-state index in [0.717, 1.165) is 43.5 Å². The molecule has 0 aliphatic carbocycles. The van der Waals surface area contributed by atoms with Gasteiger partial charge in [-0.2, -0.15) is 0 Å². The zero-order chi connectivity index (χ0) is 16.2. The number of benzene rings is 2. The van der Waals surface area contributed by atoms with E-state index in [-0.39, 0.29) is 5.91 Å². The number of rotatable bonds is 3. The Morgan fingerprint density at radius 1 is 0.913 bits per heavy atom. The lowest BCUT2D eigenvalue weighted by Gasteiger charge is -2.27. The highest BCUT2D eigenvalue weighted by atomic mass is 16.2. The van der Waals surface area contributed by atoms with Crippen LogP contribution in [0.1, 0.15) is 40.0 Å². The van der Waals surface area contributed by atoms with E-state index in [9.17, 15) is 9.59 Å². The van der Waals surface area contributed by atoms with Gasteiger partial charge in [-0.05, 0) is 42.5 Å². The fourth-order valence-corrected chi connectivity index (χ4v) is 3.01. The van der Waals surface area contributed by atoms with Crippen LogP contribution < -0.4 is 5.73 Å². The Kier molecular flexibility index (Phi) is 4.42. The zero-order valence-corrected chi connectivity index (χ0v) is 13.0. The number of hydrogen-bond acceptors (Lipinski definition) is 2. The van der Waals surface area contributed by atoms with E-state index in [1.54, 1.807) is 12.1 Å². The molecule has 2 aromatic rings. The summed E-state index contributed by atoms with van der Waals surface area (Å²) < 4.78 is 0. The van der Waals surface area contributed by atoms with Gasteiger partial charge in [-0.25, -0.2) is 0 Å². The monoisotopic (exact) mass is 308 g/mol. The Hall–Kier alpha value is -2.62. The van der Waals surface area contributed by atoms with Gasteiger partial charge in [-0.15, -0.1) is 0 Å². The molecule has 1 aliphatic rings. The lowest BCUT2D eigenvalue weighted by molar-refractivity contribution is 0.0725. The highest BCUT2D eigenvalue weighted by molar-refractivity contribution is 6.04. The number of nitrogens with two attached hydrogens (primary N) is 1. The van der Waals surface area contributed by atoms with Crippen LogP contribution in [0, 0.1) is 0 Å². The molecule has 1 fully saturated rings. The van der Waals surface area contributed by atoms with Crippen LogP contribution in [0.15, 0.2) is 48.5 Å². The third-order valence-corrected chi connectivity index (χ3v) is 4.26. The molecule has 2 aromatic carbocycles. The van der Waals surface area contributed by atoms with Gasteiger partial charge < -0.3 is 10.6 Å². The number of likely N-dealkylation sites (tertiary alicyclic amines) is 1. The number of nitrogens with zero attached hydrogens (tertiary/aromatic N) is 1. The largest absolute Gasteiger partial charge is 0.366 e. The summed E-state index contributed by atoms with van der Waals surface area (Å²) in [4.78, 5) is 26.3. The number of hydrogen-bond donors (Lipinski definition) is 1. The molecule has 23 heavy (non-hydrogen) atoms. The van der Waals surface area contributed by atoms with Crippen molar-refractivity contribution in [3.8, 4) is 11.1 Å². The predicted molar refractivity (Wildman–Crippen MR) is 90.2 cm³/mol. The Balaban J connectivity index is 2.05. The number of piperidine rings is 1. The van der Waals surface area contributed by atoms with Gasteiger partial charge in [0, 0.05) is 24.2 Å². The molecule has 1 aliphatic heterocycles. The quantitative estimate of drug-likeness (QED) is 0.947. The van der Waals surface area contributed by atoms with Crippen molar-refractivity contribution in [3.63, 3.8) is 0 Å². The molecule has 0 bridgehead atoms. The summed E-state index contributed by atoms with van der Waals surface area (Å²) in [7, 11) is 0. The molecule has 0 unspecified atom stereocenters. The van der Waals surface area contributed by atoms with Crippen molar-refractivity contribution in [2.75, 3.05) is 13.1 Å². The van der Waals surface area contributed by atoms with Crippen molar-refractivity contribution in [2.24, 2.45) is 5.73 Å². The van der Waals surface area contributed by atoms with Gasteiger partial charge in [0.1, 0.15) is 0 Å². The van der Waals surface area contributed by atoms with Crippen molar-refractivity contribution in [1.29, 1.82) is 0 Å². The van der Waals surface area contributed by atoms with Crippen LogP contribution in [-0.4, -0.2) is 29.8 Å². The first-order valence-corrected chi connectivity index (χ1v) is 7.95. The molecule has 2 N–H and O–H groups in total. The summed E-state index contributed by atoms with van der Waals surface area (Å²) in [5.41, 5.74) is 8.10. The molecule has 0 atom stereocenters. The molecule has 2 amide bonds. The molecular formula is C19H20N2O2. The molecule has 4 heteroatoms. The maximum absolute atomic E-state index is 12.9. The van der Waals surface area contributed by atoms with Gasteiger partial charge in [0.05, 0.1) is 0 Å². The number of carbonyl (C=O) groups is 2. The lowest BCUT2D eigenvalue weighted by Crippen LogP contribution is -2.36. The van der Waals surface area contributed by atoms with Gasteiger partial charge in [-0.1, -0.05) is 36.4 Å². The average molecular weight is 308 g/mol. The molecule has 118 valence electrons. The van der Waals surface area contributed by atoms with Crippen LogP contribution in [0.5, 0.6) is 0 Å². The van der Waals surface area contributed by atoms with E-state index in [1.807, 2.05) is 41.3 Å². The lowest BCUT2D eigenvalue weighted by atomic mass is 9.96. The third-order valence-electron chi connectivity index (χ3n) is 4.26. The van der Waals surface area contributed by atoms with Crippen molar-refractivity contribution >= 4 is 11.8 Å². The van der Waals surface area contributed by atoms with Crippen LogP contribution in [-0.2, 0) is 0 Å². The number of primary amides is 1. The van der Waals surface area contributed by atoms with Gasteiger partial charge in [0.25, 0.3) is 5.91 Å². The van der Waals surface area contributed by atoms with Gasteiger partial charge >= 0.3 is 0 Å². The van der Waals surface area contributed by atoms with E-state index in [1.165, 1.54) is 0 Å². The fraction of sp³-hybridized carbons (Fsp3) is 0.263. The SMILES string of the molecule is NC(=O)c1ccc(-c2ccccc2)c(C(=O)N2CCCCC2)c1. The molecule has 0 aromatic heterocycles. The summed E-state index contributed by atoms with van der Waals surface area (Å²) in [5.74, 6) is -0.538. The van der Waals surface area contributed by atoms with Crippen LogP contribution in [0.25, 0.3) is 11.1 Å². The Bertz CT molecular complexity index is 719. The standard InChI is InChI=1S/C19H20N2O2/c20-18(22)15-9-10-16(14-7-3-1-4-8-14)17(13-15)19(23)21-11-5-2-6-12-21/h1,3-4,7-10,13H,2,5-6,11-12H2,(H2,20,22). The molecule has 0 radical (unpaired) electrons. The van der Waals surface area contributed by atoms with Crippen molar-refractivity contribution < 1.29 is 9.59 Å². The average Bonchev–Trinajstić information content (AvgIpc) is 2.62. The molecule has 0 saturated carbocycles. The van der Waals surface area contributed by atoms with E-state index < -0.39 is 5.91 Å². The first-order chi connectivity index (χ1) is 11.2. The Morgan fingerprint density at radius 2 is 1.61 bits per heavy atom. The summed E-state index contributed by atoms with van der Waals surface area (Å²) in [6.07, 6.45) is 3.22. The van der Waals surface area contributed by atoms with Gasteiger partial charge in [0.15, 0.2) is 0 Å². The van der Waals surface area contributed by atoms with Crippen LogP contribution >= 0.6 is 0 Å². The molecule has 4 nitrogen and oxygen atoms in total. The van der Waals surface area contributed by atoms with Crippen molar-refractivity contribution in [1.82, 2.24) is 4.90 Å². The smallest absolute Gasteiger partial charge is 0.254 e. The van der Waals surface area contributed by atoms with Gasteiger partial charge in [-0.3, -0.25) is 9.59 Å². The maximum atomic E-state index is 12.9. The van der Waals surface area contributed by atoms with Crippen molar-refractivity contribution in [3.05, 3.63) is 59.7 Å². The summed E-state index contributed by atoms with van der Waals surface area (Å²) in [6, 6.07) is 14.9. The third kappa shape index (κ3) is 3.26. The fourth-order valence-electron chi connectivity index (χ4n) is 3.01. The predicted octanol–water partition coefficient (Wildman–Crippen LogP) is 3.08. The number of carbonyl (C=O) groups excluding carboxylic acids is 2. The minimum atomic E-state index is -0.516. The summed E-state index contributed by atoms with van der Waals surface area (Å²) in [6.45, 7) is 1.54. The topological polar surface area (TPSA) is 63.4 Å². The summed E-state index contributed by atoms with van der Waals surface area (Å²) in [5, 5.41) is 0.